The fourth-order valence-corrected chi connectivity index (χ4v) is 3.58. The second-order valence-electron chi connectivity index (χ2n) is 7.36. The van der Waals surface area contributed by atoms with Crippen molar-refractivity contribution in [3.8, 4) is 35.2 Å². The van der Waals surface area contributed by atoms with E-state index in [-0.39, 0.29) is 16.9 Å². The van der Waals surface area contributed by atoms with Crippen LogP contribution in [0.15, 0.2) is 77.7 Å². The summed E-state index contributed by atoms with van der Waals surface area (Å²) >= 11 is 0. The molecule has 3 aromatic rings. The smallest absolute Gasteiger partial charge is 0.172 e. The lowest BCUT2D eigenvalue weighted by Gasteiger charge is -2.22. The molecule has 1 aromatic heterocycles. The van der Waals surface area contributed by atoms with Crippen molar-refractivity contribution in [3.05, 3.63) is 83.3 Å². The van der Waals surface area contributed by atoms with Crippen molar-refractivity contribution >= 4 is 5.57 Å². The van der Waals surface area contributed by atoms with Crippen LogP contribution in [-0.2, 0) is 4.74 Å². The van der Waals surface area contributed by atoms with Crippen molar-refractivity contribution in [3.63, 3.8) is 0 Å². The van der Waals surface area contributed by atoms with Crippen molar-refractivity contribution in [2.45, 2.75) is 19.4 Å². The van der Waals surface area contributed by atoms with Crippen LogP contribution in [0.2, 0.25) is 0 Å². The number of ether oxygens (including phenoxy) is 1. The fourth-order valence-electron chi connectivity index (χ4n) is 3.58. The molecule has 2 heterocycles. The molecular formula is C24H16N6O. The number of nitriles is 3. The maximum atomic E-state index is 9.72. The molecule has 4 rings (SSSR count). The first-order chi connectivity index (χ1) is 15.0. The van der Waals surface area contributed by atoms with Gasteiger partial charge in [-0.2, -0.15) is 15.8 Å². The molecule has 0 atom stereocenters. The lowest BCUT2D eigenvalue weighted by molar-refractivity contribution is 0.109. The molecule has 0 amide bonds. The van der Waals surface area contributed by atoms with E-state index < -0.39 is 5.60 Å². The number of rotatable bonds is 3. The van der Waals surface area contributed by atoms with E-state index in [1.54, 1.807) is 30.7 Å². The Morgan fingerprint density at radius 3 is 2.23 bits per heavy atom. The average molecular weight is 404 g/mol. The summed E-state index contributed by atoms with van der Waals surface area (Å²) in [6.45, 7) is 3.60. The van der Waals surface area contributed by atoms with Crippen LogP contribution in [0.5, 0.6) is 0 Å². The first-order valence-electron chi connectivity index (χ1n) is 9.46. The molecular weight excluding hydrogens is 388 g/mol. The topological polar surface area (TPSA) is 111 Å². The molecule has 1 aliphatic heterocycles. The first kappa shape index (κ1) is 19.6. The normalized spacial score (nSPS) is 14.4. The minimum absolute atomic E-state index is 0.0281. The summed E-state index contributed by atoms with van der Waals surface area (Å²) in [5.74, 6) is 0.0281. The van der Waals surface area contributed by atoms with Gasteiger partial charge in [0.05, 0.1) is 11.9 Å². The van der Waals surface area contributed by atoms with Gasteiger partial charge in [-0.1, -0.05) is 47.7 Å². The molecule has 0 saturated heterocycles. The Hall–Kier alpha value is -4.67. The molecule has 0 spiro atoms. The molecule has 0 aliphatic carbocycles. The Bertz CT molecular complexity index is 1320. The third-order valence-corrected chi connectivity index (χ3v) is 4.98. The van der Waals surface area contributed by atoms with Crippen molar-refractivity contribution in [2.75, 3.05) is 0 Å². The molecule has 0 unspecified atom stereocenters. The highest BCUT2D eigenvalue weighted by atomic mass is 16.5. The van der Waals surface area contributed by atoms with E-state index in [4.69, 9.17) is 4.74 Å². The van der Waals surface area contributed by atoms with Gasteiger partial charge < -0.3 is 4.74 Å². The minimum atomic E-state index is -0.866. The highest BCUT2D eigenvalue weighted by molar-refractivity contribution is 5.84. The summed E-state index contributed by atoms with van der Waals surface area (Å²) in [6.07, 6.45) is 1.85. The lowest BCUT2D eigenvalue weighted by Crippen LogP contribution is -2.21. The fraction of sp³-hybridized carbons (Fsp3) is 0.125. The van der Waals surface area contributed by atoms with E-state index in [1.165, 1.54) is 0 Å². The predicted molar refractivity (Wildman–Crippen MR) is 113 cm³/mol. The second-order valence-corrected chi connectivity index (χ2v) is 7.36. The molecule has 0 saturated carbocycles. The maximum Gasteiger partial charge on any atom is 0.172 e. The highest BCUT2D eigenvalue weighted by Crippen LogP contribution is 2.44. The van der Waals surface area contributed by atoms with Crippen LogP contribution in [0.25, 0.3) is 22.5 Å². The summed E-state index contributed by atoms with van der Waals surface area (Å²) in [4.78, 5) is 0. The van der Waals surface area contributed by atoms with E-state index in [0.717, 1.165) is 22.5 Å². The Kier molecular flexibility index (Phi) is 4.83. The van der Waals surface area contributed by atoms with Gasteiger partial charge in [-0.25, -0.2) is 4.68 Å². The third-order valence-electron chi connectivity index (χ3n) is 4.98. The number of hydrogen-bond donors (Lipinski definition) is 0. The monoisotopic (exact) mass is 404 g/mol. The summed E-state index contributed by atoms with van der Waals surface area (Å²) in [5, 5.41) is 36.6. The van der Waals surface area contributed by atoms with E-state index in [2.05, 4.69) is 16.4 Å². The number of benzene rings is 2. The van der Waals surface area contributed by atoms with Gasteiger partial charge in [-0.3, -0.25) is 0 Å². The molecule has 2 aromatic carbocycles. The Labute approximate surface area is 179 Å². The summed E-state index contributed by atoms with van der Waals surface area (Å²) < 4.78 is 7.52. The van der Waals surface area contributed by atoms with Crippen LogP contribution >= 0.6 is 0 Å². The molecule has 1 aliphatic rings. The van der Waals surface area contributed by atoms with Gasteiger partial charge in [-0.05, 0) is 31.5 Å². The molecule has 0 fully saturated rings. The quantitative estimate of drug-likeness (QED) is 0.601. The van der Waals surface area contributed by atoms with Crippen LogP contribution in [-0.4, -0.2) is 20.6 Å². The molecule has 31 heavy (non-hydrogen) atoms. The zero-order valence-corrected chi connectivity index (χ0v) is 16.9. The Morgan fingerprint density at radius 1 is 0.935 bits per heavy atom. The van der Waals surface area contributed by atoms with Crippen LogP contribution in [0.3, 0.4) is 0 Å². The SMILES string of the molecule is CC1(C)OC(=C(C#N)C#N)C(C#N)=C1c1ccc(-n2cc(-c3ccccc3)nn2)cc1. The third kappa shape index (κ3) is 3.44. The van der Waals surface area contributed by atoms with Crippen molar-refractivity contribution in [1.29, 1.82) is 15.8 Å². The van der Waals surface area contributed by atoms with Gasteiger partial charge in [0, 0.05) is 11.1 Å². The van der Waals surface area contributed by atoms with Gasteiger partial charge in [0.25, 0.3) is 0 Å². The molecule has 148 valence electrons. The van der Waals surface area contributed by atoms with Gasteiger partial charge in [0.1, 0.15) is 35.1 Å². The van der Waals surface area contributed by atoms with E-state index in [0.29, 0.717) is 5.57 Å². The number of aromatic nitrogens is 3. The Balaban J connectivity index is 1.73. The average Bonchev–Trinajstić information content (AvgIpc) is 3.38. The molecule has 0 bridgehead atoms. The molecule has 7 heteroatoms. The minimum Gasteiger partial charge on any atom is -0.480 e. The zero-order valence-electron chi connectivity index (χ0n) is 16.9. The molecule has 0 radical (unpaired) electrons. The van der Waals surface area contributed by atoms with E-state index in [1.807, 2.05) is 60.8 Å². The summed E-state index contributed by atoms with van der Waals surface area (Å²) in [5.41, 5.74) is 3.05. The van der Waals surface area contributed by atoms with Gasteiger partial charge >= 0.3 is 0 Å². The highest BCUT2D eigenvalue weighted by Gasteiger charge is 2.40. The van der Waals surface area contributed by atoms with Crippen LogP contribution in [0.1, 0.15) is 19.4 Å². The van der Waals surface area contributed by atoms with E-state index >= 15 is 0 Å². The summed E-state index contributed by atoms with van der Waals surface area (Å²) in [6, 6.07) is 22.9. The lowest BCUT2D eigenvalue weighted by atomic mass is 9.89. The number of nitrogens with zero attached hydrogens (tertiary/aromatic N) is 6. The van der Waals surface area contributed by atoms with Gasteiger partial charge in [0.2, 0.25) is 0 Å². The molecule has 7 nitrogen and oxygen atoms in total. The Morgan fingerprint density at radius 2 is 1.61 bits per heavy atom. The first-order valence-corrected chi connectivity index (χ1v) is 9.46. The van der Waals surface area contributed by atoms with Crippen LogP contribution in [0.4, 0.5) is 0 Å². The predicted octanol–water partition coefficient (Wildman–Crippen LogP) is 4.32. The standard InChI is InChI=1S/C24H16N6O/c1-24(2)22(20(14-27)23(31-24)18(12-25)13-26)17-8-10-19(11-9-17)30-15-21(28-29-30)16-6-4-3-5-7-16/h3-11,15H,1-2H3. The van der Waals surface area contributed by atoms with Gasteiger partial charge in [-0.15, -0.1) is 5.10 Å². The van der Waals surface area contributed by atoms with Crippen molar-refractivity contribution in [1.82, 2.24) is 15.0 Å². The largest absolute Gasteiger partial charge is 0.480 e. The number of hydrogen-bond acceptors (Lipinski definition) is 6. The molecule has 0 N–H and O–H groups in total. The summed E-state index contributed by atoms with van der Waals surface area (Å²) in [7, 11) is 0. The second kappa shape index (κ2) is 7.63. The number of allylic oxidation sites excluding steroid dienone is 2. The van der Waals surface area contributed by atoms with Crippen molar-refractivity contribution < 1.29 is 4.74 Å². The maximum absolute atomic E-state index is 9.72. The van der Waals surface area contributed by atoms with Crippen molar-refractivity contribution in [2.24, 2.45) is 0 Å². The van der Waals surface area contributed by atoms with Gasteiger partial charge in [0.15, 0.2) is 11.3 Å². The van der Waals surface area contributed by atoms with Crippen LogP contribution in [0, 0.1) is 34.0 Å². The van der Waals surface area contributed by atoms with E-state index in [9.17, 15) is 15.8 Å². The van der Waals surface area contributed by atoms with Crippen LogP contribution < -0.4 is 0 Å². The zero-order chi connectivity index (χ0) is 22.0.